The summed E-state index contributed by atoms with van der Waals surface area (Å²) in [5, 5.41) is 10.3. The number of hydrogen-bond acceptors (Lipinski definition) is 4. The van der Waals surface area contributed by atoms with E-state index in [1.54, 1.807) is 12.1 Å². The number of benzene rings is 1. The predicted molar refractivity (Wildman–Crippen MR) is 74.2 cm³/mol. The number of aliphatic hydroxyl groups is 1. The zero-order valence-electron chi connectivity index (χ0n) is 11.7. The lowest BCUT2D eigenvalue weighted by Crippen LogP contribution is -2.64. The van der Waals surface area contributed by atoms with Crippen LogP contribution in [-0.4, -0.2) is 43.6 Å². The van der Waals surface area contributed by atoms with Gasteiger partial charge in [0.2, 0.25) is 10.0 Å². The van der Waals surface area contributed by atoms with Crippen molar-refractivity contribution >= 4 is 10.0 Å². The average Bonchev–Trinajstić information content (AvgIpc) is 3.19. The molecule has 1 aliphatic heterocycles. The Morgan fingerprint density at radius 2 is 2.00 bits per heavy atom. The van der Waals surface area contributed by atoms with Gasteiger partial charge in [0, 0.05) is 13.1 Å². The molecule has 1 aromatic rings. The lowest BCUT2D eigenvalue weighted by atomic mass is 9.91. The Bertz CT molecular complexity index is 631. The average molecular weight is 297 g/mol. The summed E-state index contributed by atoms with van der Waals surface area (Å²) >= 11 is 0. The molecule has 0 radical (unpaired) electrons. The minimum atomic E-state index is -3.60. The molecular formula is C14H19NO4S. The molecule has 0 spiro atoms. The van der Waals surface area contributed by atoms with Gasteiger partial charge in [-0.2, -0.15) is 4.31 Å². The Morgan fingerprint density at radius 1 is 1.35 bits per heavy atom. The van der Waals surface area contributed by atoms with E-state index in [1.807, 2.05) is 13.0 Å². The fourth-order valence-corrected chi connectivity index (χ4v) is 4.54. The molecule has 0 amide bonds. The van der Waals surface area contributed by atoms with Gasteiger partial charge < -0.3 is 9.84 Å². The monoisotopic (exact) mass is 297 g/mol. The van der Waals surface area contributed by atoms with Crippen LogP contribution in [0.5, 0.6) is 5.75 Å². The Kier molecular flexibility index (Phi) is 3.08. The molecule has 1 saturated heterocycles. The fraction of sp³-hybridized carbons (Fsp3) is 0.571. The molecule has 6 heteroatoms. The molecule has 110 valence electrons. The largest absolute Gasteiger partial charge is 0.495 e. The molecule has 5 nitrogen and oxygen atoms in total. The molecule has 1 N–H and O–H groups in total. The second kappa shape index (κ2) is 4.44. The summed E-state index contributed by atoms with van der Waals surface area (Å²) in [5.74, 6) is 0.616. The number of nitrogens with zero attached hydrogens (tertiary/aromatic N) is 1. The van der Waals surface area contributed by atoms with Gasteiger partial charge >= 0.3 is 0 Å². The first kappa shape index (κ1) is 13.9. The maximum Gasteiger partial charge on any atom is 0.246 e. The maximum atomic E-state index is 12.6. The van der Waals surface area contributed by atoms with E-state index < -0.39 is 15.6 Å². The van der Waals surface area contributed by atoms with Gasteiger partial charge in [0.25, 0.3) is 0 Å². The first-order chi connectivity index (χ1) is 9.37. The highest BCUT2D eigenvalue weighted by atomic mass is 32.2. The van der Waals surface area contributed by atoms with Gasteiger partial charge in [0.1, 0.15) is 10.6 Å². The summed E-state index contributed by atoms with van der Waals surface area (Å²) in [5.41, 5.74) is 0.0479. The van der Waals surface area contributed by atoms with Gasteiger partial charge in [-0.25, -0.2) is 8.42 Å². The van der Waals surface area contributed by atoms with E-state index in [9.17, 15) is 13.5 Å². The van der Waals surface area contributed by atoms with Crippen molar-refractivity contribution in [2.24, 2.45) is 5.92 Å². The Morgan fingerprint density at radius 3 is 2.55 bits per heavy atom. The van der Waals surface area contributed by atoms with Crippen molar-refractivity contribution < 1.29 is 18.3 Å². The summed E-state index contributed by atoms with van der Waals surface area (Å²) in [4.78, 5) is 0.179. The van der Waals surface area contributed by atoms with Gasteiger partial charge in [-0.1, -0.05) is 6.07 Å². The number of hydrogen-bond donors (Lipinski definition) is 1. The van der Waals surface area contributed by atoms with Crippen LogP contribution in [0, 0.1) is 12.8 Å². The number of aryl methyl sites for hydroxylation is 1. The highest BCUT2D eigenvalue weighted by Gasteiger charge is 2.55. The van der Waals surface area contributed by atoms with E-state index in [2.05, 4.69) is 0 Å². The third kappa shape index (κ3) is 2.12. The summed E-state index contributed by atoms with van der Waals surface area (Å²) in [6, 6.07) is 5.09. The third-order valence-corrected chi connectivity index (χ3v) is 5.99. The normalized spacial score (nSPS) is 22.4. The lowest BCUT2D eigenvalue weighted by molar-refractivity contribution is -0.0765. The molecule has 0 bridgehead atoms. The Labute approximate surface area is 119 Å². The molecule has 1 aromatic carbocycles. The van der Waals surface area contributed by atoms with E-state index in [1.165, 1.54) is 11.4 Å². The van der Waals surface area contributed by atoms with Crippen LogP contribution < -0.4 is 4.74 Å². The molecule has 3 rings (SSSR count). The van der Waals surface area contributed by atoms with Gasteiger partial charge in [0.15, 0.2) is 0 Å². The summed E-state index contributed by atoms with van der Waals surface area (Å²) < 4.78 is 31.7. The maximum absolute atomic E-state index is 12.6. The van der Waals surface area contributed by atoms with Crippen LogP contribution in [0.1, 0.15) is 18.4 Å². The number of sulfonamides is 1. The molecule has 1 heterocycles. The van der Waals surface area contributed by atoms with E-state index in [-0.39, 0.29) is 23.9 Å². The standard InChI is InChI=1S/C14H19NO4S/c1-10-3-6-12(19-2)13(7-10)20(17,18)15-8-14(16,9-15)11-4-5-11/h3,6-7,11,16H,4-5,8-9H2,1-2H3. The van der Waals surface area contributed by atoms with Gasteiger partial charge in [0.05, 0.1) is 12.7 Å². The van der Waals surface area contributed by atoms with Gasteiger partial charge in [-0.15, -0.1) is 0 Å². The third-order valence-electron chi connectivity index (χ3n) is 4.17. The van der Waals surface area contributed by atoms with Crippen LogP contribution in [0.3, 0.4) is 0 Å². The van der Waals surface area contributed by atoms with Crippen molar-refractivity contribution in [2.75, 3.05) is 20.2 Å². The van der Waals surface area contributed by atoms with Gasteiger partial charge in [-0.3, -0.25) is 0 Å². The van der Waals surface area contributed by atoms with Crippen LogP contribution in [0.4, 0.5) is 0 Å². The molecule has 2 aliphatic rings. The van der Waals surface area contributed by atoms with Crippen LogP contribution in [0.25, 0.3) is 0 Å². The zero-order valence-corrected chi connectivity index (χ0v) is 12.5. The molecule has 1 saturated carbocycles. The predicted octanol–water partition coefficient (Wildman–Crippen LogP) is 1.15. The van der Waals surface area contributed by atoms with E-state index in [4.69, 9.17) is 4.74 Å². The van der Waals surface area contributed by atoms with Crippen LogP contribution >= 0.6 is 0 Å². The van der Waals surface area contributed by atoms with E-state index >= 15 is 0 Å². The van der Waals surface area contributed by atoms with Crippen molar-refractivity contribution in [1.82, 2.24) is 4.31 Å². The van der Waals surface area contributed by atoms with Crippen molar-refractivity contribution in [3.05, 3.63) is 23.8 Å². The van der Waals surface area contributed by atoms with Crippen LogP contribution in [0.15, 0.2) is 23.1 Å². The second-order valence-corrected chi connectivity index (χ2v) is 7.71. The minimum absolute atomic E-state index is 0.179. The lowest BCUT2D eigenvalue weighted by Gasteiger charge is -2.45. The summed E-state index contributed by atoms with van der Waals surface area (Å²) in [6.45, 7) is 2.23. The van der Waals surface area contributed by atoms with E-state index in [0.29, 0.717) is 5.75 Å². The van der Waals surface area contributed by atoms with Crippen molar-refractivity contribution in [3.63, 3.8) is 0 Å². The van der Waals surface area contributed by atoms with Crippen molar-refractivity contribution in [1.29, 1.82) is 0 Å². The molecule has 1 aliphatic carbocycles. The van der Waals surface area contributed by atoms with Crippen molar-refractivity contribution in [3.8, 4) is 5.75 Å². The number of methoxy groups -OCH3 is 1. The smallest absolute Gasteiger partial charge is 0.246 e. The molecule has 0 atom stereocenters. The Hall–Kier alpha value is -1.11. The van der Waals surface area contributed by atoms with E-state index in [0.717, 1.165) is 18.4 Å². The highest BCUT2D eigenvalue weighted by Crippen LogP contribution is 2.46. The molecule has 0 unspecified atom stereocenters. The molecule has 0 aromatic heterocycles. The van der Waals surface area contributed by atoms with Crippen LogP contribution in [0.2, 0.25) is 0 Å². The van der Waals surface area contributed by atoms with Crippen molar-refractivity contribution in [2.45, 2.75) is 30.3 Å². The first-order valence-electron chi connectivity index (χ1n) is 6.74. The molecule has 2 fully saturated rings. The van der Waals surface area contributed by atoms with Crippen LogP contribution in [-0.2, 0) is 10.0 Å². The van der Waals surface area contributed by atoms with Gasteiger partial charge in [-0.05, 0) is 43.4 Å². The molecular weight excluding hydrogens is 278 g/mol. The quantitative estimate of drug-likeness (QED) is 0.905. The SMILES string of the molecule is COc1ccc(C)cc1S(=O)(=O)N1CC(O)(C2CC2)C1. The number of rotatable bonds is 4. The molecule has 20 heavy (non-hydrogen) atoms. The summed E-state index contributed by atoms with van der Waals surface area (Å²) in [7, 11) is -2.14. The number of β-amino-alcohol motifs (C(OH)–C–C–N with tert-alkyl or cyclic N) is 1. The zero-order chi connectivity index (χ0) is 14.5. The second-order valence-electron chi connectivity index (χ2n) is 5.81. The summed E-state index contributed by atoms with van der Waals surface area (Å²) in [6.07, 6.45) is 2.00. The topological polar surface area (TPSA) is 66.8 Å². The first-order valence-corrected chi connectivity index (χ1v) is 8.18. The fourth-order valence-electron chi connectivity index (χ4n) is 2.74. The highest BCUT2D eigenvalue weighted by molar-refractivity contribution is 7.89. The number of ether oxygens (including phenoxy) is 1. The Balaban J connectivity index is 1.88. The minimum Gasteiger partial charge on any atom is -0.495 e.